The van der Waals surface area contributed by atoms with E-state index in [4.69, 9.17) is 0 Å². The molecular weight excluding hydrogens is 921 g/mol. The number of carbonyl (C=O) groups is 1. The number of nitrogens with zero attached hydrogens (tertiary/aromatic N) is 8. The van der Waals surface area contributed by atoms with Crippen LogP contribution in [0.1, 0.15) is 155 Å². The molecule has 0 radical (unpaired) electrons. The van der Waals surface area contributed by atoms with E-state index in [0.717, 1.165) is 28.7 Å². The molecule has 5 rings (SSSR count). The van der Waals surface area contributed by atoms with Crippen molar-refractivity contribution in [2.24, 2.45) is 41.4 Å². The molecular formula is C59H102N14O. The van der Waals surface area contributed by atoms with Crippen molar-refractivity contribution in [3.05, 3.63) is 103 Å². The van der Waals surface area contributed by atoms with Crippen LogP contribution in [-0.2, 0) is 4.79 Å². The molecule has 0 saturated carbocycles. The van der Waals surface area contributed by atoms with Gasteiger partial charge in [0.25, 0.3) is 0 Å². The maximum Gasteiger partial charge on any atom is 0.222 e. The number of hydrogen-bond donors (Lipinski definition) is 6. The highest BCUT2D eigenvalue weighted by atomic mass is 16.1. The molecule has 0 spiro atoms. The van der Waals surface area contributed by atoms with Gasteiger partial charge in [0.05, 0.1) is 6.20 Å². The summed E-state index contributed by atoms with van der Waals surface area (Å²) in [5, 5.41) is 19.4. The van der Waals surface area contributed by atoms with Crippen LogP contribution in [0.2, 0.25) is 0 Å². The van der Waals surface area contributed by atoms with Crippen LogP contribution >= 0.6 is 0 Å². The third-order valence-corrected chi connectivity index (χ3v) is 12.4. The van der Waals surface area contributed by atoms with Crippen molar-refractivity contribution < 1.29 is 4.79 Å². The third-order valence-electron chi connectivity index (χ3n) is 12.4. The first kappa shape index (κ1) is 68.0. The minimum absolute atomic E-state index is 0.0670. The Labute approximate surface area is 449 Å². The number of rotatable bonds is 18. The molecule has 0 unspecified atom stereocenters. The van der Waals surface area contributed by atoms with Crippen molar-refractivity contribution in [3.63, 3.8) is 0 Å². The summed E-state index contributed by atoms with van der Waals surface area (Å²) in [4.78, 5) is 44.0. The molecule has 74 heavy (non-hydrogen) atoms. The molecule has 5 atom stereocenters. The van der Waals surface area contributed by atoms with Crippen LogP contribution in [0, 0.1) is 62.2 Å². The molecule has 0 aliphatic heterocycles. The maximum atomic E-state index is 10.8. The summed E-state index contributed by atoms with van der Waals surface area (Å²) in [6.07, 6.45) is 14.1. The Balaban J connectivity index is 0.000000865. The van der Waals surface area contributed by atoms with Crippen LogP contribution in [0.15, 0.2) is 86.0 Å². The molecule has 1 amide bonds. The van der Waals surface area contributed by atoms with E-state index in [1.165, 1.54) is 5.56 Å². The molecule has 5 aromatic heterocycles. The third kappa shape index (κ3) is 33.0. The van der Waals surface area contributed by atoms with Crippen LogP contribution < -0.4 is 31.9 Å². The maximum absolute atomic E-state index is 10.8. The average molecular weight is 1020 g/mol. The lowest BCUT2D eigenvalue weighted by molar-refractivity contribution is -0.120. The first-order valence-corrected chi connectivity index (χ1v) is 26.9. The minimum atomic E-state index is 0.0670. The molecule has 0 saturated heterocycles. The minimum Gasteiger partial charge on any atom is -0.367 e. The highest BCUT2D eigenvalue weighted by Crippen LogP contribution is 2.14. The van der Waals surface area contributed by atoms with Crippen LogP contribution in [0.25, 0.3) is 0 Å². The first-order chi connectivity index (χ1) is 34.6. The number of amides is 1. The Kier molecular flexibility index (Phi) is 34.6. The van der Waals surface area contributed by atoms with E-state index < -0.39 is 0 Å². The Morgan fingerprint density at radius 3 is 1.20 bits per heavy atom. The highest BCUT2D eigenvalue weighted by Gasteiger charge is 2.17. The van der Waals surface area contributed by atoms with E-state index in [-0.39, 0.29) is 5.91 Å². The summed E-state index contributed by atoms with van der Waals surface area (Å²) in [6, 6.07) is 14.4. The van der Waals surface area contributed by atoms with Gasteiger partial charge >= 0.3 is 0 Å². The summed E-state index contributed by atoms with van der Waals surface area (Å²) in [5.74, 6) is 8.34. The molecule has 5 heterocycles. The Morgan fingerprint density at radius 1 is 0.392 bits per heavy atom. The van der Waals surface area contributed by atoms with Gasteiger partial charge in [-0.05, 0) is 132 Å². The molecule has 0 aromatic carbocycles. The zero-order chi connectivity index (χ0) is 56.5. The van der Waals surface area contributed by atoms with Gasteiger partial charge in [-0.25, -0.2) is 34.9 Å². The zero-order valence-electron chi connectivity index (χ0n) is 50.1. The Bertz CT molecular complexity index is 2020. The first-order valence-electron chi connectivity index (χ1n) is 26.9. The van der Waals surface area contributed by atoms with Crippen LogP contribution in [-0.4, -0.2) is 82.0 Å². The number of aromatic nitrogens is 8. The second-order valence-electron chi connectivity index (χ2n) is 21.7. The monoisotopic (exact) mass is 1020 g/mol. The quantitative estimate of drug-likeness (QED) is 0.0486. The van der Waals surface area contributed by atoms with E-state index >= 15 is 0 Å². The number of pyridine rings is 2. The SMILES string of the molecule is CC(=O)NC(C(C)C)C(C)C.CC(C)[C@@H](C)Nc1cnccn1.CC(C)[C@@H](C)Nc1ncccn1.Cc1ccc(N[C@H](C)C(C)C)nc1.Cc1cccc(N[C@H](C)C(C)C)n1.Cc1cnc(N[C@H](C)C(C)C)nc1. The summed E-state index contributed by atoms with van der Waals surface area (Å²) < 4.78 is 0. The summed E-state index contributed by atoms with van der Waals surface area (Å²) in [7, 11) is 0. The second-order valence-corrected chi connectivity index (χ2v) is 21.7. The largest absolute Gasteiger partial charge is 0.367 e. The lowest BCUT2D eigenvalue weighted by Gasteiger charge is -2.25. The van der Waals surface area contributed by atoms with E-state index in [1.807, 2.05) is 69.7 Å². The molecule has 15 nitrogen and oxygen atoms in total. The number of nitrogens with one attached hydrogen (secondary N) is 6. The molecule has 0 aliphatic carbocycles. The van der Waals surface area contributed by atoms with Gasteiger partial charge in [-0.2, -0.15) is 0 Å². The van der Waals surface area contributed by atoms with E-state index in [0.29, 0.717) is 89.6 Å². The number of carbonyl (C=O) groups excluding carboxylic acids is 1. The van der Waals surface area contributed by atoms with Gasteiger partial charge in [-0.1, -0.05) is 109 Å². The van der Waals surface area contributed by atoms with E-state index in [1.54, 1.807) is 37.9 Å². The lowest BCUT2D eigenvalue weighted by Crippen LogP contribution is -2.40. The number of anilines is 5. The molecule has 0 aliphatic rings. The average Bonchev–Trinajstić information content (AvgIpc) is 3.33. The summed E-state index contributed by atoms with van der Waals surface area (Å²) in [5.41, 5.74) is 3.34. The zero-order valence-corrected chi connectivity index (χ0v) is 50.1. The van der Waals surface area contributed by atoms with E-state index in [2.05, 4.69) is 209 Å². The van der Waals surface area contributed by atoms with Crippen LogP contribution in [0.3, 0.4) is 0 Å². The van der Waals surface area contributed by atoms with Crippen molar-refractivity contribution in [1.29, 1.82) is 0 Å². The highest BCUT2D eigenvalue weighted by molar-refractivity contribution is 5.73. The van der Waals surface area contributed by atoms with Crippen molar-refractivity contribution in [2.45, 2.75) is 195 Å². The summed E-state index contributed by atoms with van der Waals surface area (Å²) >= 11 is 0. The van der Waals surface area contributed by atoms with E-state index in [9.17, 15) is 4.79 Å². The van der Waals surface area contributed by atoms with Gasteiger partial charge in [0, 0.05) is 92.2 Å². The fraction of sp³-hybridized carbons (Fsp3) is 0.610. The van der Waals surface area contributed by atoms with Gasteiger partial charge < -0.3 is 31.9 Å². The predicted molar refractivity (Wildman–Crippen MR) is 316 cm³/mol. The van der Waals surface area contributed by atoms with Crippen molar-refractivity contribution in [2.75, 3.05) is 26.6 Å². The molecule has 0 fully saturated rings. The normalized spacial score (nSPS) is 12.7. The summed E-state index contributed by atoms with van der Waals surface area (Å²) in [6.45, 7) is 48.7. The van der Waals surface area contributed by atoms with Gasteiger partial charge in [0.2, 0.25) is 17.8 Å². The predicted octanol–water partition coefficient (Wildman–Crippen LogP) is 13.6. The standard InChI is InChI=1S/2C11H18N2.C10H17N3.2C9H15N3.C9H19NO/c1-8(2)10(4)13-11-6-5-9(3)7-12-11;1-8(2)10(4)13-11-7-5-6-9(3)12-11;1-7(2)9(4)13-10-11-5-8(3)6-12-10;1-7(2)8(3)12-9-6-10-4-5-11-9;1-7(2)8(3)12-9-10-5-4-6-11-9;1-6(2)9(7(3)4)10-8(5)11/h2*5-8,10H,1-4H3,(H,12,13);5-7,9H,1-4H3,(H,11,12,13);4-8H,1-3H3,(H,11,12);4-8H,1-3H3,(H,10,11,12);6-7,9H,1-5H3,(H,10,11)/t2*10-;9-;2*8-;/m11111./s1. The molecule has 5 aromatic rings. The lowest BCUT2D eigenvalue weighted by atomic mass is 9.93. The molecule has 414 valence electrons. The van der Waals surface area contributed by atoms with Gasteiger partial charge in [0.15, 0.2) is 0 Å². The molecule has 15 heteroatoms. The molecule has 6 N–H and O–H groups in total. The fourth-order valence-electron chi connectivity index (χ4n) is 5.67. The smallest absolute Gasteiger partial charge is 0.222 e. The topological polar surface area (TPSA) is 192 Å². The van der Waals surface area contributed by atoms with Gasteiger partial charge in [-0.15, -0.1) is 0 Å². The fourth-order valence-corrected chi connectivity index (χ4v) is 5.67. The Morgan fingerprint density at radius 2 is 0.824 bits per heavy atom. The van der Waals surface area contributed by atoms with Crippen molar-refractivity contribution in [1.82, 2.24) is 45.2 Å². The Hall–Kier alpha value is -5.99. The van der Waals surface area contributed by atoms with Gasteiger partial charge in [0.1, 0.15) is 17.5 Å². The van der Waals surface area contributed by atoms with Crippen LogP contribution in [0.4, 0.5) is 29.4 Å². The van der Waals surface area contributed by atoms with Crippen molar-refractivity contribution in [3.8, 4) is 0 Å². The second kappa shape index (κ2) is 37.7. The number of aryl methyl sites for hydroxylation is 3. The van der Waals surface area contributed by atoms with Gasteiger partial charge in [-0.3, -0.25) is 9.78 Å². The number of hydrogen-bond acceptors (Lipinski definition) is 14. The van der Waals surface area contributed by atoms with Crippen LogP contribution in [0.5, 0.6) is 0 Å². The molecule has 0 bridgehead atoms. The van der Waals surface area contributed by atoms with Crippen molar-refractivity contribution >= 4 is 35.3 Å².